The highest BCUT2D eigenvalue weighted by Gasteiger charge is 2.52. The Hall–Kier alpha value is -1.63. The number of unbranched alkanes of at least 4 members (excludes halogenated alkanes) is 3. The van der Waals surface area contributed by atoms with Crippen LogP contribution in [0.3, 0.4) is 0 Å². The molecule has 0 bridgehead atoms. The lowest BCUT2D eigenvalue weighted by atomic mass is 9.97. The summed E-state index contributed by atoms with van der Waals surface area (Å²) in [5, 5.41) is 6.02. The average molecular weight is 393 g/mol. The first kappa shape index (κ1) is 21.1. The van der Waals surface area contributed by atoms with Crippen LogP contribution in [0.15, 0.2) is 0 Å². The summed E-state index contributed by atoms with van der Waals surface area (Å²) in [4.78, 5) is 41.1. The molecule has 158 valence electrons. The molecule has 0 aromatic rings. The van der Waals surface area contributed by atoms with Crippen LogP contribution < -0.4 is 10.6 Å². The summed E-state index contributed by atoms with van der Waals surface area (Å²) in [6.45, 7) is 5.65. The van der Waals surface area contributed by atoms with E-state index < -0.39 is 5.54 Å². The van der Waals surface area contributed by atoms with E-state index in [1.165, 1.54) is 24.2 Å². The molecule has 1 spiro atoms. The van der Waals surface area contributed by atoms with Crippen LogP contribution >= 0.6 is 0 Å². The lowest BCUT2D eigenvalue weighted by Crippen LogP contribution is -2.47. The van der Waals surface area contributed by atoms with Gasteiger partial charge in [0.05, 0.1) is 5.92 Å². The van der Waals surface area contributed by atoms with Crippen molar-refractivity contribution in [3.8, 4) is 0 Å². The number of carbonyl (C=O) groups excluding carboxylic acids is 3. The van der Waals surface area contributed by atoms with Crippen molar-refractivity contribution in [1.29, 1.82) is 0 Å². The Morgan fingerprint density at radius 3 is 2.68 bits per heavy atom. The second kappa shape index (κ2) is 9.72. The molecule has 0 aromatic heterocycles. The highest BCUT2D eigenvalue weighted by molar-refractivity contribution is 6.07. The van der Waals surface area contributed by atoms with E-state index in [-0.39, 0.29) is 23.8 Å². The summed E-state index contributed by atoms with van der Waals surface area (Å²) in [6.07, 6.45) is 10.1. The molecular weight excluding hydrogens is 356 g/mol. The molecule has 7 heteroatoms. The lowest BCUT2D eigenvalue weighted by Gasteiger charge is -2.32. The van der Waals surface area contributed by atoms with Gasteiger partial charge < -0.3 is 15.5 Å². The van der Waals surface area contributed by atoms with Crippen molar-refractivity contribution in [1.82, 2.24) is 20.4 Å². The van der Waals surface area contributed by atoms with E-state index in [1.807, 2.05) is 0 Å². The van der Waals surface area contributed by atoms with Crippen LogP contribution in [0, 0.1) is 5.92 Å². The molecule has 4 amide bonds. The number of hydrogen-bond donors (Lipinski definition) is 2. The number of likely N-dealkylation sites (tertiary alicyclic amines) is 1. The third kappa shape index (κ3) is 4.85. The first-order chi connectivity index (χ1) is 13.6. The van der Waals surface area contributed by atoms with Gasteiger partial charge in [-0.1, -0.05) is 39.0 Å². The monoisotopic (exact) mass is 392 g/mol. The van der Waals surface area contributed by atoms with Crippen LogP contribution in [0.5, 0.6) is 0 Å². The van der Waals surface area contributed by atoms with Crippen LogP contribution in [0.1, 0.15) is 71.1 Å². The molecular formula is C21H36N4O3. The number of amides is 4. The molecule has 2 saturated heterocycles. The summed E-state index contributed by atoms with van der Waals surface area (Å²) >= 11 is 0. The zero-order valence-corrected chi connectivity index (χ0v) is 17.3. The summed E-state index contributed by atoms with van der Waals surface area (Å²) in [6, 6.07) is -0.245. The molecule has 0 aromatic carbocycles. The number of imide groups is 1. The Balaban J connectivity index is 1.42. The summed E-state index contributed by atoms with van der Waals surface area (Å²) < 4.78 is 0. The lowest BCUT2D eigenvalue weighted by molar-refractivity contribution is -0.131. The Bertz CT molecular complexity index is 574. The van der Waals surface area contributed by atoms with Crippen LogP contribution in [0.2, 0.25) is 0 Å². The predicted molar refractivity (Wildman–Crippen MR) is 108 cm³/mol. The van der Waals surface area contributed by atoms with Crippen LogP contribution in [0.4, 0.5) is 4.79 Å². The van der Waals surface area contributed by atoms with Crippen LogP contribution in [-0.2, 0) is 9.59 Å². The van der Waals surface area contributed by atoms with Gasteiger partial charge in [-0.25, -0.2) is 4.79 Å². The molecule has 1 aliphatic carbocycles. The molecule has 1 atom stereocenters. The number of nitrogens with zero attached hydrogens (tertiary/aromatic N) is 2. The van der Waals surface area contributed by atoms with Crippen molar-refractivity contribution in [3.05, 3.63) is 0 Å². The maximum Gasteiger partial charge on any atom is 0.325 e. The summed E-state index contributed by atoms with van der Waals surface area (Å²) in [5.74, 6) is 0.124. The fraction of sp³-hybridized carbons (Fsp3) is 0.857. The van der Waals surface area contributed by atoms with Gasteiger partial charge in [-0.3, -0.25) is 14.5 Å². The van der Waals surface area contributed by atoms with Gasteiger partial charge in [0.2, 0.25) is 5.91 Å². The largest absolute Gasteiger partial charge is 0.356 e. The van der Waals surface area contributed by atoms with Crippen molar-refractivity contribution in [2.75, 3.05) is 32.7 Å². The maximum absolute atomic E-state index is 12.7. The minimum Gasteiger partial charge on any atom is -0.356 e. The van der Waals surface area contributed by atoms with Gasteiger partial charge >= 0.3 is 6.03 Å². The van der Waals surface area contributed by atoms with E-state index in [1.54, 1.807) is 0 Å². The van der Waals surface area contributed by atoms with E-state index in [0.29, 0.717) is 13.1 Å². The van der Waals surface area contributed by atoms with E-state index >= 15 is 0 Å². The minimum absolute atomic E-state index is 0.0178. The second-order valence-corrected chi connectivity index (χ2v) is 8.67. The molecule has 2 aliphatic heterocycles. The Morgan fingerprint density at radius 1 is 1.14 bits per heavy atom. The average Bonchev–Trinajstić information content (AvgIpc) is 3.25. The molecule has 2 N–H and O–H groups in total. The van der Waals surface area contributed by atoms with E-state index in [4.69, 9.17) is 0 Å². The van der Waals surface area contributed by atoms with E-state index in [2.05, 4.69) is 22.5 Å². The molecule has 1 saturated carbocycles. The fourth-order valence-electron chi connectivity index (χ4n) is 4.82. The van der Waals surface area contributed by atoms with Gasteiger partial charge in [-0.15, -0.1) is 0 Å². The first-order valence-electron chi connectivity index (χ1n) is 11.2. The van der Waals surface area contributed by atoms with Gasteiger partial charge in [0, 0.05) is 26.2 Å². The first-order valence-corrected chi connectivity index (χ1v) is 11.2. The highest BCUT2D eigenvalue weighted by atomic mass is 16.2. The molecule has 3 aliphatic rings. The molecule has 3 rings (SSSR count). The second-order valence-electron chi connectivity index (χ2n) is 8.67. The molecule has 3 fully saturated rings. The molecule has 7 nitrogen and oxygen atoms in total. The number of carbonyl (C=O) groups is 3. The SMILES string of the molecule is CCCCCCNC(=O)C1CCCN(CCN2C(=O)NC3(CCCC3)C2=O)C1. The quantitative estimate of drug-likeness (QED) is 0.466. The van der Waals surface area contributed by atoms with Gasteiger partial charge in [-0.2, -0.15) is 0 Å². The number of hydrogen-bond acceptors (Lipinski definition) is 4. The fourth-order valence-corrected chi connectivity index (χ4v) is 4.82. The standard InChI is InChI=1S/C21H36N4O3/c1-2-3-4-7-12-22-18(26)17-9-8-13-24(16-17)14-15-25-19(27)21(23-20(25)28)10-5-6-11-21/h17H,2-16H2,1H3,(H,22,26)(H,23,28). The zero-order chi connectivity index (χ0) is 20.0. The van der Waals surface area contributed by atoms with Crippen LogP contribution in [-0.4, -0.2) is 65.9 Å². The molecule has 0 radical (unpaired) electrons. The number of urea groups is 1. The van der Waals surface area contributed by atoms with Gasteiger partial charge in [0.15, 0.2) is 0 Å². The van der Waals surface area contributed by atoms with Gasteiger partial charge in [-0.05, 0) is 38.6 Å². The predicted octanol–water partition coefficient (Wildman–Crippen LogP) is 2.26. The van der Waals surface area contributed by atoms with Crippen molar-refractivity contribution >= 4 is 17.8 Å². The number of piperidine rings is 1. The van der Waals surface area contributed by atoms with Gasteiger partial charge in [0.1, 0.15) is 5.54 Å². The Morgan fingerprint density at radius 2 is 1.93 bits per heavy atom. The zero-order valence-electron chi connectivity index (χ0n) is 17.3. The molecule has 2 heterocycles. The third-order valence-electron chi connectivity index (χ3n) is 6.55. The van der Waals surface area contributed by atoms with Gasteiger partial charge in [0.25, 0.3) is 5.91 Å². The Kier molecular flexibility index (Phi) is 7.32. The molecule has 28 heavy (non-hydrogen) atoms. The van der Waals surface area contributed by atoms with Crippen molar-refractivity contribution in [3.63, 3.8) is 0 Å². The van der Waals surface area contributed by atoms with Crippen molar-refractivity contribution < 1.29 is 14.4 Å². The summed E-state index contributed by atoms with van der Waals surface area (Å²) in [5.41, 5.74) is -0.626. The van der Waals surface area contributed by atoms with Crippen molar-refractivity contribution in [2.24, 2.45) is 5.92 Å². The maximum atomic E-state index is 12.7. The topological polar surface area (TPSA) is 81.8 Å². The van der Waals surface area contributed by atoms with Crippen molar-refractivity contribution in [2.45, 2.75) is 76.7 Å². The van der Waals surface area contributed by atoms with E-state index in [9.17, 15) is 14.4 Å². The molecule has 1 unspecified atom stereocenters. The van der Waals surface area contributed by atoms with E-state index in [0.717, 1.165) is 64.6 Å². The highest BCUT2D eigenvalue weighted by Crippen LogP contribution is 2.35. The Labute approximate surface area is 168 Å². The van der Waals surface area contributed by atoms with Crippen LogP contribution in [0.25, 0.3) is 0 Å². The minimum atomic E-state index is -0.626. The normalized spacial score (nSPS) is 24.8. The number of rotatable bonds is 9. The smallest absolute Gasteiger partial charge is 0.325 e. The summed E-state index contributed by atoms with van der Waals surface area (Å²) in [7, 11) is 0. The third-order valence-corrected chi connectivity index (χ3v) is 6.55. The number of nitrogens with one attached hydrogen (secondary N) is 2.